The Morgan fingerprint density at radius 1 is 1.53 bits per heavy atom. The molecule has 0 spiro atoms. The van der Waals surface area contributed by atoms with E-state index in [1.807, 2.05) is 0 Å². The Labute approximate surface area is 96.6 Å². The van der Waals surface area contributed by atoms with Crippen molar-refractivity contribution in [1.29, 1.82) is 5.26 Å². The highest BCUT2D eigenvalue weighted by Crippen LogP contribution is 2.08. The number of nitrogens with one attached hydrogen (secondary N) is 3. The van der Waals surface area contributed by atoms with Gasteiger partial charge in [0.25, 0.3) is 0 Å². The number of nitriles is 1. The van der Waals surface area contributed by atoms with Crippen molar-refractivity contribution >= 4 is 17.6 Å². The molecule has 0 saturated carbocycles. The number of carbonyl (C=O) groups is 2. The number of H-pyrrole nitrogens is 1. The van der Waals surface area contributed by atoms with Gasteiger partial charge in [0.05, 0.1) is 6.20 Å². The van der Waals surface area contributed by atoms with Crippen LogP contribution in [0.15, 0.2) is 6.20 Å². The van der Waals surface area contributed by atoms with Crippen LogP contribution in [0.1, 0.15) is 12.0 Å². The third-order valence-electron chi connectivity index (χ3n) is 1.82. The summed E-state index contributed by atoms with van der Waals surface area (Å²) in [7, 11) is 0. The molecule has 90 valence electrons. The minimum atomic E-state index is -0.899. The van der Waals surface area contributed by atoms with Crippen LogP contribution in [-0.4, -0.2) is 40.3 Å². The van der Waals surface area contributed by atoms with Gasteiger partial charge in [-0.2, -0.15) is 10.4 Å². The van der Waals surface area contributed by atoms with E-state index in [9.17, 15) is 9.59 Å². The second-order valence-electron chi connectivity index (χ2n) is 3.06. The molecule has 17 heavy (non-hydrogen) atoms. The zero-order valence-electron chi connectivity index (χ0n) is 8.86. The summed E-state index contributed by atoms with van der Waals surface area (Å²) in [5, 5.41) is 27.6. The van der Waals surface area contributed by atoms with E-state index in [0.29, 0.717) is 6.42 Å². The molecule has 8 heteroatoms. The third-order valence-corrected chi connectivity index (χ3v) is 1.82. The van der Waals surface area contributed by atoms with E-state index in [1.165, 1.54) is 6.20 Å². The van der Waals surface area contributed by atoms with E-state index in [0.717, 1.165) is 0 Å². The molecule has 2 amide bonds. The molecular formula is C9H11N5O3. The van der Waals surface area contributed by atoms with Gasteiger partial charge in [0.1, 0.15) is 17.5 Å². The number of rotatable bonds is 4. The first-order chi connectivity index (χ1) is 8.19. The second-order valence-corrected chi connectivity index (χ2v) is 3.06. The number of amides is 2. The van der Waals surface area contributed by atoms with Gasteiger partial charge in [-0.3, -0.25) is 14.7 Å². The van der Waals surface area contributed by atoms with Gasteiger partial charge in [-0.25, -0.2) is 0 Å². The summed E-state index contributed by atoms with van der Waals surface area (Å²) < 4.78 is 0. The van der Waals surface area contributed by atoms with E-state index in [2.05, 4.69) is 20.8 Å². The monoisotopic (exact) mass is 237 g/mol. The van der Waals surface area contributed by atoms with Gasteiger partial charge in [-0.1, -0.05) is 0 Å². The summed E-state index contributed by atoms with van der Waals surface area (Å²) in [6, 6.07) is 1.80. The number of aromatic amines is 1. The average molecular weight is 237 g/mol. The summed E-state index contributed by atoms with van der Waals surface area (Å²) in [5.41, 5.74) is 0.140. The number of aliphatic hydroxyl groups excluding tert-OH is 1. The molecule has 0 radical (unpaired) electrons. The van der Waals surface area contributed by atoms with Crippen molar-refractivity contribution in [2.24, 2.45) is 0 Å². The molecule has 8 nitrogen and oxygen atoms in total. The number of nitrogens with zero attached hydrogens (tertiary/aromatic N) is 2. The van der Waals surface area contributed by atoms with Gasteiger partial charge < -0.3 is 15.7 Å². The van der Waals surface area contributed by atoms with Gasteiger partial charge in [-0.05, 0) is 6.42 Å². The van der Waals surface area contributed by atoms with Gasteiger partial charge in [0.15, 0.2) is 0 Å². The smallest absolute Gasteiger partial charge is 0.314 e. The van der Waals surface area contributed by atoms with Crippen LogP contribution in [0.3, 0.4) is 0 Å². The molecule has 4 N–H and O–H groups in total. The molecule has 1 rings (SSSR count). The molecule has 1 aromatic heterocycles. The van der Waals surface area contributed by atoms with Gasteiger partial charge in [0, 0.05) is 13.2 Å². The maximum Gasteiger partial charge on any atom is 0.314 e. The highest BCUT2D eigenvalue weighted by Gasteiger charge is 2.15. The van der Waals surface area contributed by atoms with Crippen LogP contribution in [0.5, 0.6) is 0 Å². The molecule has 1 aromatic rings. The van der Waals surface area contributed by atoms with Crippen molar-refractivity contribution in [1.82, 2.24) is 15.5 Å². The Hall–Kier alpha value is -2.40. The molecule has 0 aliphatic heterocycles. The fourth-order valence-electron chi connectivity index (χ4n) is 0.998. The largest absolute Gasteiger partial charge is 0.396 e. The Morgan fingerprint density at radius 3 is 2.94 bits per heavy atom. The first-order valence-corrected chi connectivity index (χ1v) is 4.82. The van der Waals surface area contributed by atoms with Crippen molar-refractivity contribution in [2.45, 2.75) is 6.42 Å². The standard InChI is InChI=1S/C9H11N5O3/c10-4-6-5-12-14-7(6)13-9(17)8(16)11-2-1-3-15/h5,15H,1-3H2,(H,11,16)(H2,12,13,14,17). The molecule has 0 aliphatic rings. The van der Waals surface area contributed by atoms with E-state index in [1.54, 1.807) is 6.07 Å². The number of hydrogen-bond acceptors (Lipinski definition) is 5. The summed E-state index contributed by atoms with van der Waals surface area (Å²) in [6.07, 6.45) is 1.60. The van der Waals surface area contributed by atoms with Crippen molar-refractivity contribution in [3.63, 3.8) is 0 Å². The maximum absolute atomic E-state index is 11.3. The zero-order chi connectivity index (χ0) is 12.7. The lowest BCUT2D eigenvalue weighted by Gasteiger charge is -2.04. The van der Waals surface area contributed by atoms with Crippen LogP contribution < -0.4 is 10.6 Å². The van der Waals surface area contributed by atoms with Crippen LogP contribution in [-0.2, 0) is 9.59 Å². The van der Waals surface area contributed by atoms with E-state index < -0.39 is 11.8 Å². The summed E-state index contributed by atoms with van der Waals surface area (Å²) in [5.74, 6) is -1.66. The first-order valence-electron chi connectivity index (χ1n) is 4.82. The number of anilines is 1. The molecule has 0 unspecified atom stereocenters. The normalized spacial score (nSPS) is 9.41. The molecule has 0 saturated heterocycles. The van der Waals surface area contributed by atoms with Crippen molar-refractivity contribution in [3.05, 3.63) is 11.8 Å². The molecule has 0 bridgehead atoms. The fourth-order valence-corrected chi connectivity index (χ4v) is 0.998. The minimum absolute atomic E-state index is 0.0684. The lowest BCUT2D eigenvalue weighted by atomic mass is 10.3. The van der Waals surface area contributed by atoms with Crippen molar-refractivity contribution in [2.75, 3.05) is 18.5 Å². The first kappa shape index (κ1) is 12.7. The van der Waals surface area contributed by atoms with Crippen LogP contribution in [0, 0.1) is 11.3 Å². The minimum Gasteiger partial charge on any atom is -0.396 e. The van der Waals surface area contributed by atoms with Crippen molar-refractivity contribution < 1.29 is 14.7 Å². The van der Waals surface area contributed by atoms with Gasteiger partial charge in [-0.15, -0.1) is 0 Å². The number of aromatic nitrogens is 2. The number of carbonyl (C=O) groups excluding carboxylic acids is 2. The SMILES string of the molecule is N#Cc1cn[nH]c1NC(=O)C(=O)NCCCO. The molecule has 0 fully saturated rings. The summed E-state index contributed by atoms with van der Waals surface area (Å²) in [6.45, 7) is 0.137. The Morgan fingerprint density at radius 2 is 2.29 bits per heavy atom. The Kier molecular flexibility index (Phi) is 4.65. The van der Waals surface area contributed by atoms with E-state index >= 15 is 0 Å². The lowest BCUT2D eigenvalue weighted by molar-refractivity contribution is -0.136. The topological polar surface area (TPSA) is 131 Å². The lowest BCUT2D eigenvalue weighted by Crippen LogP contribution is -2.36. The summed E-state index contributed by atoms with van der Waals surface area (Å²) >= 11 is 0. The number of hydrogen-bond donors (Lipinski definition) is 4. The van der Waals surface area contributed by atoms with Gasteiger partial charge in [0.2, 0.25) is 0 Å². The Bertz CT molecular complexity index is 448. The second kappa shape index (κ2) is 6.24. The molecule has 0 atom stereocenters. The molecule has 1 heterocycles. The van der Waals surface area contributed by atoms with Crippen LogP contribution in [0.2, 0.25) is 0 Å². The average Bonchev–Trinajstić information content (AvgIpc) is 2.76. The molecule has 0 aromatic carbocycles. The predicted molar refractivity (Wildman–Crippen MR) is 56.6 cm³/mol. The molecular weight excluding hydrogens is 226 g/mol. The quantitative estimate of drug-likeness (QED) is 0.382. The predicted octanol–water partition coefficient (Wildman–Crippen LogP) is -1.28. The number of aliphatic hydroxyl groups is 1. The van der Waals surface area contributed by atoms with E-state index in [-0.39, 0.29) is 24.5 Å². The van der Waals surface area contributed by atoms with Crippen LogP contribution in [0.25, 0.3) is 0 Å². The highest BCUT2D eigenvalue weighted by molar-refractivity contribution is 6.39. The third kappa shape index (κ3) is 3.58. The Balaban J connectivity index is 2.49. The maximum atomic E-state index is 11.3. The van der Waals surface area contributed by atoms with Crippen LogP contribution in [0.4, 0.5) is 5.82 Å². The summed E-state index contributed by atoms with van der Waals surface area (Å²) in [4.78, 5) is 22.6. The van der Waals surface area contributed by atoms with Crippen LogP contribution >= 0.6 is 0 Å². The van der Waals surface area contributed by atoms with Gasteiger partial charge >= 0.3 is 11.8 Å². The van der Waals surface area contributed by atoms with E-state index in [4.69, 9.17) is 10.4 Å². The zero-order valence-corrected chi connectivity index (χ0v) is 8.86. The fraction of sp³-hybridized carbons (Fsp3) is 0.333. The highest BCUT2D eigenvalue weighted by atomic mass is 16.3. The molecule has 0 aliphatic carbocycles. The van der Waals surface area contributed by atoms with Crippen molar-refractivity contribution in [3.8, 4) is 6.07 Å².